The number of rotatable bonds is 0. The van der Waals surface area contributed by atoms with Gasteiger partial charge in [0.05, 0.1) is 18.9 Å². The van der Waals surface area contributed by atoms with Crippen LogP contribution < -0.4 is 0 Å². The smallest absolute Gasteiger partial charge is 0.163 e. The van der Waals surface area contributed by atoms with Crippen molar-refractivity contribution >= 4 is 5.71 Å². The Hall–Kier alpha value is -0.450. The predicted molar refractivity (Wildman–Crippen MR) is 39.7 cm³/mol. The Morgan fingerprint density at radius 2 is 2.18 bits per heavy atom. The number of nitrogens with one attached hydrogen (secondary N) is 1. The van der Waals surface area contributed by atoms with Crippen LogP contribution in [0, 0.1) is 5.41 Å². The molecule has 1 atom stereocenters. The van der Waals surface area contributed by atoms with Crippen molar-refractivity contribution in [3.63, 3.8) is 0 Å². The normalized spacial score (nSPS) is 31.5. The van der Waals surface area contributed by atoms with E-state index in [4.69, 9.17) is 20.0 Å². The van der Waals surface area contributed by atoms with Crippen molar-refractivity contribution in [3.05, 3.63) is 0 Å². The summed E-state index contributed by atoms with van der Waals surface area (Å²) in [7, 11) is 0. The van der Waals surface area contributed by atoms with E-state index in [-0.39, 0.29) is 18.9 Å². The minimum atomic E-state index is -0.809. The summed E-state index contributed by atoms with van der Waals surface area (Å²) in [6.45, 7) is 3.82. The highest BCUT2D eigenvalue weighted by atomic mass is 16.7. The van der Waals surface area contributed by atoms with Gasteiger partial charge in [-0.05, 0) is 13.8 Å². The Balaban J connectivity index is 2.58. The SMILES string of the molecule is CC1(C)OCC(=N)[C@@H](O)CO1. The number of aliphatic hydroxyl groups excluding tert-OH is 1. The van der Waals surface area contributed by atoms with Crippen LogP contribution in [0.4, 0.5) is 0 Å². The first-order valence-electron chi connectivity index (χ1n) is 3.54. The van der Waals surface area contributed by atoms with Crippen LogP contribution in [0.1, 0.15) is 13.8 Å². The molecule has 1 aliphatic heterocycles. The molecule has 1 rings (SSSR count). The zero-order chi connectivity index (χ0) is 8.48. The molecule has 1 heterocycles. The predicted octanol–water partition coefficient (Wildman–Crippen LogP) is 0.150. The van der Waals surface area contributed by atoms with Crippen molar-refractivity contribution in [2.45, 2.75) is 25.7 Å². The lowest BCUT2D eigenvalue weighted by Gasteiger charge is -2.22. The van der Waals surface area contributed by atoms with E-state index >= 15 is 0 Å². The van der Waals surface area contributed by atoms with Gasteiger partial charge >= 0.3 is 0 Å². The monoisotopic (exact) mass is 159 g/mol. The van der Waals surface area contributed by atoms with Gasteiger partial charge in [-0.15, -0.1) is 0 Å². The molecule has 1 fully saturated rings. The fraction of sp³-hybridized carbons (Fsp3) is 0.857. The Kier molecular flexibility index (Phi) is 2.27. The number of ether oxygens (including phenoxy) is 2. The molecule has 0 aromatic heterocycles. The third-order valence-corrected chi connectivity index (χ3v) is 1.57. The van der Waals surface area contributed by atoms with Gasteiger partial charge in [0.15, 0.2) is 5.79 Å². The van der Waals surface area contributed by atoms with E-state index in [1.54, 1.807) is 13.8 Å². The fourth-order valence-corrected chi connectivity index (χ4v) is 0.770. The zero-order valence-corrected chi connectivity index (χ0v) is 6.76. The van der Waals surface area contributed by atoms with E-state index in [2.05, 4.69) is 0 Å². The third kappa shape index (κ3) is 2.25. The minimum Gasteiger partial charge on any atom is -0.385 e. The molecular weight excluding hydrogens is 146 g/mol. The molecule has 1 saturated heterocycles. The number of hydrogen-bond acceptors (Lipinski definition) is 4. The molecule has 0 bridgehead atoms. The molecular formula is C7H13NO3. The van der Waals surface area contributed by atoms with Gasteiger partial charge in [-0.25, -0.2) is 0 Å². The van der Waals surface area contributed by atoms with Crippen molar-refractivity contribution in [1.82, 2.24) is 0 Å². The van der Waals surface area contributed by atoms with Crippen LogP contribution in [0.5, 0.6) is 0 Å². The Labute approximate surface area is 65.6 Å². The second-order valence-electron chi connectivity index (χ2n) is 3.04. The Morgan fingerprint density at radius 1 is 1.55 bits per heavy atom. The van der Waals surface area contributed by atoms with Crippen LogP contribution in [0.2, 0.25) is 0 Å². The summed E-state index contributed by atoms with van der Waals surface area (Å²) >= 11 is 0. The maximum absolute atomic E-state index is 9.16. The van der Waals surface area contributed by atoms with E-state index in [1.165, 1.54) is 0 Å². The first kappa shape index (κ1) is 8.64. The van der Waals surface area contributed by atoms with Gasteiger partial charge < -0.3 is 20.0 Å². The van der Waals surface area contributed by atoms with Crippen LogP contribution in [0.3, 0.4) is 0 Å². The lowest BCUT2D eigenvalue weighted by Crippen LogP contribution is -2.27. The summed E-state index contributed by atoms with van der Waals surface area (Å²) in [6, 6.07) is 0. The molecule has 64 valence electrons. The molecule has 11 heavy (non-hydrogen) atoms. The van der Waals surface area contributed by atoms with Gasteiger partial charge in [-0.2, -0.15) is 0 Å². The van der Waals surface area contributed by atoms with E-state index in [1.807, 2.05) is 0 Å². The molecule has 0 saturated carbocycles. The van der Waals surface area contributed by atoms with E-state index < -0.39 is 11.9 Å². The van der Waals surface area contributed by atoms with Crippen LogP contribution >= 0.6 is 0 Å². The quantitative estimate of drug-likeness (QED) is 0.529. The first-order chi connectivity index (χ1) is 5.01. The minimum absolute atomic E-state index is 0.145. The molecule has 0 unspecified atom stereocenters. The summed E-state index contributed by atoms with van der Waals surface area (Å²) in [6.07, 6.45) is -0.809. The molecule has 0 amide bonds. The summed E-state index contributed by atoms with van der Waals surface area (Å²) in [5, 5.41) is 16.4. The summed E-state index contributed by atoms with van der Waals surface area (Å²) in [5.74, 6) is -0.677. The number of hydrogen-bond donors (Lipinski definition) is 2. The lowest BCUT2D eigenvalue weighted by molar-refractivity contribution is -0.202. The largest absolute Gasteiger partial charge is 0.385 e. The van der Waals surface area contributed by atoms with Crippen molar-refractivity contribution < 1.29 is 14.6 Å². The molecule has 0 radical (unpaired) electrons. The molecule has 4 heteroatoms. The maximum Gasteiger partial charge on any atom is 0.163 e. The average molecular weight is 159 g/mol. The maximum atomic E-state index is 9.16. The highest BCUT2D eigenvalue weighted by Gasteiger charge is 2.27. The average Bonchev–Trinajstić information content (AvgIpc) is 2.03. The van der Waals surface area contributed by atoms with Crippen LogP contribution in [0.25, 0.3) is 0 Å². The highest BCUT2D eigenvalue weighted by molar-refractivity contribution is 5.87. The van der Waals surface area contributed by atoms with Crippen LogP contribution in [0.15, 0.2) is 0 Å². The molecule has 4 nitrogen and oxygen atoms in total. The van der Waals surface area contributed by atoms with Crippen molar-refractivity contribution in [2.24, 2.45) is 0 Å². The third-order valence-electron chi connectivity index (χ3n) is 1.57. The Morgan fingerprint density at radius 3 is 2.82 bits per heavy atom. The fourth-order valence-electron chi connectivity index (χ4n) is 0.770. The van der Waals surface area contributed by atoms with Crippen LogP contribution in [-0.2, 0) is 9.47 Å². The zero-order valence-electron chi connectivity index (χ0n) is 6.76. The van der Waals surface area contributed by atoms with Gasteiger partial charge in [-0.1, -0.05) is 0 Å². The lowest BCUT2D eigenvalue weighted by atomic mass is 10.2. The summed E-state index contributed by atoms with van der Waals surface area (Å²) < 4.78 is 10.3. The van der Waals surface area contributed by atoms with Gasteiger partial charge in [0.25, 0.3) is 0 Å². The van der Waals surface area contributed by atoms with Crippen molar-refractivity contribution in [2.75, 3.05) is 13.2 Å². The summed E-state index contributed by atoms with van der Waals surface area (Å²) in [5.41, 5.74) is 0.176. The van der Waals surface area contributed by atoms with E-state index in [0.717, 1.165) is 0 Å². The first-order valence-corrected chi connectivity index (χ1v) is 3.54. The Bertz CT molecular complexity index is 167. The molecule has 0 aliphatic carbocycles. The van der Waals surface area contributed by atoms with Gasteiger partial charge in [0.2, 0.25) is 0 Å². The summed E-state index contributed by atoms with van der Waals surface area (Å²) in [4.78, 5) is 0. The van der Waals surface area contributed by atoms with E-state index in [0.29, 0.717) is 0 Å². The molecule has 0 aromatic rings. The molecule has 2 N–H and O–H groups in total. The van der Waals surface area contributed by atoms with Gasteiger partial charge in [0.1, 0.15) is 6.10 Å². The molecule has 0 spiro atoms. The molecule has 1 aliphatic rings. The van der Waals surface area contributed by atoms with Crippen LogP contribution in [-0.4, -0.2) is 35.9 Å². The highest BCUT2D eigenvalue weighted by Crippen LogP contribution is 2.15. The van der Waals surface area contributed by atoms with Gasteiger partial charge in [0, 0.05) is 0 Å². The second kappa shape index (κ2) is 2.89. The second-order valence-corrected chi connectivity index (χ2v) is 3.04. The van der Waals surface area contributed by atoms with Crippen molar-refractivity contribution in [1.29, 1.82) is 5.41 Å². The number of aliphatic hydroxyl groups is 1. The van der Waals surface area contributed by atoms with Gasteiger partial charge in [-0.3, -0.25) is 0 Å². The molecule has 0 aromatic carbocycles. The topological polar surface area (TPSA) is 62.5 Å². The van der Waals surface area contributed by atoms with Crippen molar-refractivity contribution in [3.8, 4) is 0 Å². The van der Waals surface area contributed by atoms with E-state index in [9.17, 15) is 0 Å². The standard InChI is InChI=1S/C7H13NO3/c1-7(2)10-3-5(8)6(9)4-11-7/h6,8-9H,3-4H2,1-2H3/t6-/m0/s1.